The number of nitrogens with two attached hydrogens (primary N) is 1. The van der Waals surface area contributed by atoms with E-state index in [2.05, 4.69) is 6.92 Å². The van der Waals surface area contributed by atoms with Crippen molar-refractivity contribution < 1.29 is 8.42 Å². The summed E-state index contributed by atoms with van der Waals surface area (Å²) in [5.74, 6) is 0. The van der Waals surface area contributed by atoms with Crippen LogP contribution in [0.2, 0.25) is 0 Å². The van der Waals surface area contributed by atoms with Gasteiger partial charge in [-0.3, -0.25) is 0 Å². The monoisotopic (exact) mass is 296 g/mol. The van der Waals surface area contributed by atoms with E-state index in [0.29, 0.717) is 17.1 Å². The maximum atomic E-state index is 12.9. The van der Waals surface area contributed by atoms with Crippen LogP contribution in [-0.2, 0) is 10.0 Å². The smallest absolute Gasteiger partial charge is 0.243 e. The highest BCUT2D eigenvalue weighted by Gasteiger charge is 2.32. The first-order valence-corrected chi connectivity index (χ1v) is 8.78. The summed E-state index contributed by atoms with van der Waals surface area (Å²) in [4.78, 5) is 0.395. The predicted octanol–water partition coefficient (Wildman–Crippen LogP) is 2.92. The van der Waals surface area contributed by atoms with Gasteiger partial charge in [0.1, 0.15) is 0 Å². The van der Waals surface area contributed by atoms with E-state index in [1.807, 2.05) is 6.92 Å². The normalized spacial score (nSPS) is 21.6. The first-order valence-electron chi connectivity index (χ1n) is 7.34. The molecule has 1 atom stereocenters. The molecule has 0 spiro atoms. The van der Waals surface area contributed by atoms with Gasteiger partial charge in [0.05, 0.1) is 4.90 Å². The Morgan fingerprint density at radius 1 is 1.30 bits per heavy atom. The number of nitrogen functional groups attached to an aromatic ring is 1. The highest BCUT2D eigenvalue weighted by molar-refractivity contribution is 7.89. The van der Waals surface area contributed by atoms with Gasteiger partial charge in [0.2, 0.25) is 10.0 Å². The van der Waals surface area contributed by atoms with Crippen molar-refractivity contribution >= 4 is 15.7 Å². The maximum Gasteiger partial charge on any atom is 0.243 e. The molecule has 5 heteroatoms. The van der Waals surface area contributed by atoms with Crippen molar-refractivity contribution in [1.29, 1.82) is 0 Å². The molecule has 0 aromatic heterocycles. The summed E-state index contributed by atoms with van der Waals surface area (Å²) in [7, 11) is -3.42. The minimum atomic E-state index is -3.42. The van der Waals surface area contributed by atoms with Crippen molar-refractivity contribution in [3.05, 3.63) is 23.8 Å². The van der Waals surface area contributed by atoms with Gasteiger partial charge in [0.25, 0.3) is 0 Å². The van der Waals surface area contributed by atoms with Crippen LogP contribution in [0.25, 0.3) is 0 Å². The van der Waals surface area contributed by atoms with Gasteiger partial charge in [-0.1, -0.05) is 19.8 Å². The first kappa shape index (κ1) is 15.3. The van der Waals surface area contributed by atoms with Crippen molar-refractivity contribution in [1.82, 2.24) is 4.31 Å². The zero-order valence-electron chi connectivity index (χ0n) is 12.3. The Morgan fingerprint density at radius 3 is 2.70 bits per heavy atom. The van der Waals surface area contributed by atoms with E-state index in [1.54, 1.807) is 22.5 Å². The number of sulfonamides is 1. The molecular formula is C15H24N2O2S. The third-order valence-electron chi connectivity index (χ3n) is 4.08. The molecule has 0 aliphatic carbocycles. The van der Waals surface area contributed by atoms with Gasteiger partial charge in [0.15, 0.2) is 0 Å². The van der Waals surface area contributed by atoms with Crippen LogP contribution in [0.5, 0.6) is 0 Å². The molecule has 0 radical (unpaired) electrons. The average Bonchev–Trinajstić information content (AvgIpc) is 2.63. The molecule has 0 saturated carbocycles. The molecule has 1 aliphatic heterocycles. The summed E-state index contributed by atoms with van der Waals surface area (Å²) in [5, 5.41) is 0. The second-order valence-corrected chi connectivity index (χ2v) is 7.41. The van der Waals surface area contributed by atoms with E-state index < -0.39 is 10.0 Å². The minimum absolute atomic E-state index is 0.124. The fourth-order valence-electron chi connectivity index (χ4n) is 2.96. The molecule has 1 fully saturated rings. The molecule has 1 saturated heterocycles. The Kier molecular flexibility index (Phi) is 4.70. The maximum absolute atomic E-state index is 12.9. The summed E-state index contributed by atoms with van der Waals surface area (Å²) in [6.45, 7) is 4.50. The molecule has 0 bridgehead atoms. The molecule has 1 aromatic rings. The van der Waals surface area contributed by atoms with Crippen molar-refractivity contribution in [2.45, 2.75) is 56.9 Å². The van der Waals surface area contributed by atoms with Crippen molar-refractivity contribution in [3.8, 4) is 0 Å². The van der Waals surface area contributed by atoms with E-state index in [9.17, 15) is 8.42 Å². The van der Waals surface area contributed by atoms with Gasteiger partial charge in [-0.05, 0) is 49.9 Å². The molecule has 1 heterocycles. The van der Waals surface area contributed by atoms with E-state index >= 15 is 0 Å². The summed E-state index contributed by atoms with van der Waals surface area (Å²) in [6, 6.07) is 5.15. The predicted molar refractivity (Wildman–Crippen MR) is 82.0 cm³/mol. The SMILES string of the molecule is CCC1CCCCCN1S(=O)(=O)c1ccc(N)cc1C. The molecule has 2 rings (SSSR count). The third kappa shape index (κ3) is 2.99. The Balaban J connectivity index is 2.41. The first-order chi connectivity index (χ1) is 9.46. The second-order valence-electron chi connectivity index (χ2n) is 5.55. The molecule has 0 amide bonds. The molecule has 2 N–H and O–H groups in total. The zero-order chi connectivity index (χ0) is 14.8. The Bertz CT molecular complexity index is 569. The van der Waals surface area contributed by atoms with Gasteiger partial charge in [-0.2, -0.15) is 4.31 Å². The lowest BCUT2D eigenvalue weighted by molar-refractivity contribution is 0.315. The number of aryl methyl sites for hydroxylation is 1. The van der Waals surface area contributed by atoms with Crippen molar-refractivity contribution in [3.63, 3.8) is 0 Å². The van der Waals surface area contributed by atoms with Crippen LogP contribution in [0.1, 0.15) is 44.6 Å². The fourth-order valence-corrected chi connectivity index (χ4v) is 4.94. The lowest BCUT2D eigenvalue weighted by atomic mass is 10.1. The standard InChI is InChI=1S/C15H24N2O2S/c1-3-14-7-5-4-6-10-17(14)20(18,19)15-9-8-13(16)11-12(15)2/h8-9,11,14H,3-7,10,16H2,1-2H3. The summed E-state index contributed by atoms with van der Waals surface area (Å²) in [5.41, 5.74) is 7.05. The minimum Gasteiger partial charge on any atom is -0.399 e. The molecule has 20 heavy (non-hydrogen) atoms. The number of hydrogen-bond donors (Lipinski definition) is 1. The van der Waals surface area contributed by atoms with Crippen LogP contribution in [0.4, 0.5) is 5.69 Å². The van der Waals surface area contributed by atoms with E-state index in [-0.39, 0.29) is 6.04 Å². The number of rotatable bonds is 3. The largest absolute Gasteiger partial charge is 0.399 e. The number of hydrogen-bond acceptors (Lipinski definition) is 3. The molecule has 1 aromatic carbocycles. The fraction of sp³-hybridized carbons (Fsp3) is 0.600. The Hall–Kier alpha value is -1.07. The zero-order valence-corrected chi connectivity index (χ0v) is 13.1. The van der Waals surface area contributed by atoms with Gasteiger partial charge in [0, 0.05) is 18.3 Å². The highest BCUT2D eigenvalue weighted by atomic mass is 32.2. The van der Waals surface area contributed by atoms with Crippen LogP contribution in [0.3, 0.4) is 0 Å². The van der Waals surface area contributed by atoms with Crippen molar-refractivity contribution in [2.75, 3.05) is 12.3 Å². The lowest BCUT2D eigenvalue weighted by Crippen LogP contribution is -2.39. The average molecular weight is 296 g/mol. The third-order valence-corrected chi connectivity index (χ3v) is 6.19. The van der Waals surface area contributed by atoms with Crippen LogP contribution >= 0.6 is 0 Å². The van der Waals surface area contributed by atoms with Crippen LogP contribution in [-0.4, -0.2) is 25.3 Å². The van der Waals surface area contributed by atoms with Gasteiger partial charge >= 0.3 is 0 Å². The van der Waals surface area contributed by atoms with Gasteiger partial charge in [-0.15, -0.1) is 0 Å². The molecule has 4 nitrogen and oxygen atoms in total. The number of anilines is 1. The number of nitrogens with zero attached hydrogens (tertiary/aromatic N) is 1. The lowest BCUT2D eigenvalue weighted by Gasteiger charge is -2.29. The molecule has 1 unspecified atom stereocenters. The van der Waals surface area contributed by atoms with E-state index in [1.165, 1.54) is 0 Å². The van der Waals surface area contributed by atoms with E-state index in [4.69, 9.17) is 5.73 Å². The number of benzene rings is 1. The van der Waals surface area contributed by atoms with Crippen LogP contribution in [0.15, 0.2) is 23.1 Å². The van der Waals surface area contributed by atoms with Gasteiger partial charge < -0.3 is 5.73 Å². The van der Waals surface area contributed by atoms with Crippen LogP contribution < -0.4 is 5.73 Å². The summed E-state index contributed by atoms with van der Waals surface area (Å²) in [6.07, 6.45) is 5.01. The second kappa shape index (κ2) is 6.14. The molecule has 112 valence electrons. The highest BCUT2D eigenvalue weighted by Crippen LogP contribution is 2.28. The summed E-state index contributed by atoms with van der Waals surface area (Å²) >= 11 is 0. The topological polar surface area (TPSA) is 63.4 Å². The van der Waals surface area contributed by atoms with Crippen molar-refractivity contribution in [2.24, 2.45) is 0 Å². The summed E-state index contributed by atoms with van der Waals surface area (Å²) < 4.78 is 27.6. The van der Waals surface area contributed by atoms with Gasteiger partial charge in [-0.25, -0.2) is 8.42 Å². The van der Waals surface area contributed by atoms with Crippen LogP contribution in [0, 0.1) is 6.92 Å². The Morgan fingerprint density at radius 2 is 2.05 bits per heavy atom. The quantitative estimate of drug-likeness (QED) is 0.872. The Labute approximate surface area is 122 Å². The van der Waals surface area contributed by atoms with E-state index in [0.717, 1.165) is 37.7 Å². The molecule has 1 aliphatic rings. The molecular weight excluding hydrogens is 272 g/mol.